The molecule has 1 unspecified atom stereocenters. The van der Waals surface area contributed by atoms with Gasteiger partial charge in [-0.05, 0) is 57.6 Å². The van der Waals surface area contributed by atoms with E-state index in [0.29, 0.717) is 5.92 Å². The zero-order chi connectivity index (χ0) is 24.4. The van der Waals surface area contributed by atoms with Gasteiger partial charge in [0.1, 0.15) is 0 Å². The molecule has 2 heterocycles. The molecule has 0 aliphatic heterocycles. The molecule has 0 aromatic carbocycles. The Bertz CT molecular complexity index is 758. The van der Waals surface area contributed by atoms with Crippen molar-refractivity contribution < 1.29 is 4.79 Å². The molecule has 2 nitrogen and oxygen atoms in total. The highest BCUT2D eigenvalue weighted by Gasteiger charge is 2.24. The molecule has 1 amide bonds. The molecular weight excluding hydrogens is 522 g/mol. The summed E-state index contributed by atoms with van der Waals surface area (Å²) >= 11 is 6.85. The smallest absolute Gasteiger partial charge is 0.260 e. The fourth-order valence-corrected chi connectivity index (χ4v) is 6.55. The lowest BCUT2D eigenvalue weighted by Gasteiger charge is -2.27. The van der Waals surface area contributed by atoms with Crippen LogP contribution in [0.2, 0.25) is 0 Å². The van der Waals surface area contributed by atoms with Crippen LogP contribution in [0.5, 0.6) is 0 Å². The minimum Gasteiger partial charge on any atom is -0.307 e. The van der Waals surface area contributed by atoms with E-state index in [-0.39, 0.29) is 5.91 Å². The SMILES string of the molecule is CCCCCCCCCCC(CCCCCCCC)CN(C(=O)c1ccsc1Br)c1ccsc1. The van der Waals surface area contributed by atoms with Crippen molar-refractivity contribution in [1.29, 1.82) is 0 Å². The number of hydrogen-bond donors (Lipinski definition) is 0. The standard InChI is InChI=1S/C29H46BrNOS2/c1-3-5-7-9-11-12-14-16-18-25(17-15-13-10-8-6-4-2)23-31(26-19-21-33-24-26)29(32)27-20-22-34-28(27)30/h19-22,24-25H,3-18,23H2,1-2H3. The van der Waals surface area contributed by atoms with E-state index in [2.05, 4.69) is 51.5 Å². The van der Waals surface area contributed by atoms with Gasteiger partial charge >= 0.3 is 0 Å². The third kappa shape index (κ3) is 11.4. The van der Waals surface area contributed by atoms with Crippen molar-refractivity contribution in [3.63, 3.8) is 0 Å². The Hall–Kier alpha value is -0.650. The van der Waals surface area contributed by atoms with Crippen LogP contribution in [0.1, 0.15) is 127 Å². The summed E-state index contributed by atoms with van der Waals surface area (Å²) in [7, 11) is 0. The topological polar surface area (TPSA) is 20.3 Å². The van der Waals surface area contributed by atoms with E-state index in [9.17, 15) is 4.79 Å². The van der Waals surface area contributed by atoms with Crippen LogP contribution in [0.25, 0.3) is 0 Å². The second-order valence-corrected chi connectivity index (χ2v) is 12.7. The van der Waals surface area contributed by atoms with Crippen LogP contribution < -0.4 is 4.90 Å². The van der Waals surface area contributed by atoms with Crippen LogP contribution in [0.15, 0.2) is 32.1 Å². The number of carbonyl (C=O) groups is 1. The Morgan fingerprint density at radius 2 is 1.38 bits per heavy atom. The molecular formula is C29H46BrNOS2. The quantitative estimate of drug-likeness (QED) is 0.146. The maximum Gasteiger partial charge on any atom is 0.260 e. The number of hydrogen-bond acceptors (Lipinski definition) is 3. The first kappa shape index (κ1) is 29.6. The molecule has 1 atom stereocenters. The average Bonchev–Trinajstić information content (AvgIpc) is 3.52. The number of carbonyl (C=O) groups excluding carboxylic acids is 1. The van der Waals surface area contributed by atoms with Crippen molar-refractivity contribution in [2.75, 3.05) is 11.4 Å². The fourth-order valence-electron chi connectivity index (χ4n) is 4.67. The van der Waals surface area contributed by atoms with E-state index in [1.807, 2.05) is 11.4 Å². The van der Waals surface area contributed by atoms with E-state index in [4.69, 9.17) is 0 Å². The van der Waals surface area contributed by atoms with Crippen LogP contribution in [0.3, 0.4) is 0 Å². The van der Waals surface area contributed by atoms with E-state index in [1.165, 1.54) is 103 Å². The molecule has 2 aromatic rings. The van der Waals surface area contributed by atoms with Crippen molar-refractivity contribution in [2.45, 2.75) is 117 Å². The van der Waals surface area contributed by atoms with E-state index in [0.717, 1.165) is 21.6 Å². The highest BCUT2D eigenvalue weighted by molar-refractivity contribution is 9.11. The van der Waals surface area contributed by atoms with Gasteiger partial charge in [0.2, 0.25) is 0 Å². The van der Waals surface area contributed by atoms with Crippen molar-refractivity contribution in [2.24, 2.45) is 5.92 Å². The first-order valence-electron chi connectivity index (χ1n) is 13.7. The second kappa shape index (κ2) is 18.6. The second-order valence-electron chi connectivity index (χ2n) is 9.69. The molecule has 0 aliphatic carbocycles. The third-order valence-corrected chi connectivity index (χ3v) is 9.14. The van der Waals surface area contributed by atoms with E-state index < -0.39 is 0 Å². The Balaban J connectivity index is 1.94. The van der Waals surface area contributed by atoms with Crippen molar-refractivity contribution in [3.05, 3.63) is 37.6 Å². The number of halogens is 1. The summed E-state index contributed by atoms with van der Waals surface area (Å²) in [5.74, 6) is 0.711. The number of unbranched alkanes of at least 4 members (excludes halogenated alkanes) is 12. The maximum absolute atomic E-state index is 13.5. The summed E-state index contributed by atoms with van der Waals surface area (Å²) in [6.07, 6.45) is 21.3. The predicted molar refractivity (Wildman–Crippen MR) is 157 cm³/mol. The zero-order valence-electron chi connectivity index (χ0n) is 21.5. The monoisotopic (exact) mass is 567 g/mol. The minimum atomic E-state index is 0.135. The molecule has 0 N–H and O–H groups in total. The first-order chi connectivity index (χ1) is 16.7. The van der Waals surface area contributed by atoms with Crippen molar-refractivity contribution in [1.82, 2.24) is 0 Å². The normalized spacial score (nSPS) is 12.2. The molecule has 0 saturated carbocycles. The first-order valence-corrected chi connectivity index (χ1v) is 16.4. The lowest BCUT2D eigenvalue weighted by molar-refractivity contribution is 0.0981. The molecule has 0 saturated heterocycles. The Morgan fingerprint density at radius 1 is 0.824 bits per heavy atom. The predicted octanol–water partition coefficient (Wildman–Crippen LogP) is 11.1. The molecule has 0 aliphatic rings. The summed E-state index contributed by atoms with van der Waals surface area (Å²) in [5.41, 5.74) is 1.85. The molecule has 5 heteroatoms. The van der Waals surface area contributed by atoms with Crippen molar-refractivity contribution in [3.8, 4) is 0 Å². The maximum atomic E-state index is 13.5. The van der Waals surface area contributed by atoms with Crippen LogP contribution in [-0.2, 0) is 0 Å². The van der Waals surface area contributed by atoms with E-state index in [1.54, 1.807) is 22.7 Å². The van der Waals surface area contributed by atoms with Gasteiger partial charge < -0.3 is 4.90 Å². The number of amides is 1. The Morgan fingerprint density at radius 3 is 1.85 bits per heavy atom. The molecule has 192 valence electrons. The number of nitrogens with zero attached hydrogens (tertiary/aromatic N) is 1. The van der Waals surface area contributed by atoms with Crippen LogP contribution in [0, 0.1) is 5.92 Å². The van der Waals surface area contributed by atoms with E-state index >= 15 is 0 Å². The van der Waals surface area contributed by atoms with Gasteiger partial charge in [0, 0.05) is 11.9 Å². The number of rotatable bonds is 20. The number of thiophene rings is 2. The van der Waals surface area contributed by atoms with Gasteiger partial charge in [0.15, 0.2) is 0 Å². The van der Waals surface area contributed by atoms with Gasteiger partial charge in [-0.25, -0.2) is 0 Å². The minimum absolute atomic E-state index is 0.135. The van der Waals surface area contributed by atoms with Crippen LogP contribution in [0.4, 0.5) is 5.69 Å². The Labute approximate surface area is 225 Å². The third-order valence-electron chi connectivity index (χ3n) is 6.78. The zero-order valence-corrected chi connectivity index (χ0v) is 24.8. The molecule has 0 spiro atoms. The van der Waals surface area contributed by atoms with Gasteiger partial charge in [-0.3, -0.25) is 4.79 Å². The van der Waals surface area contributed by atoms with Gasteiger partial charge in [-0.15, -0.1) is 11.3 Å². The summed E-state index contributed by atoms with van der Waals surface area (Å²) in [6, 6.07) is 4.05. The highest BCUT2D eigenvalue weighted by Crippen LogP contribution is 2.30. The molecule has 2 rings (SSSR count). The summed E-state index contributed by atoms with van der Waals surface area (Å²) in [5, 5.41) is 6.20. The van der Waals surface area contributed by atoms with Gasteiger partial charge in [-0.2, -0.15) is 11.3 Å². The fraction of sp³-hybridized carbons (Fsp3) is 0.690. The molecule has 0 bridgehead atoms. The summed E-state index contributed by atoms with van der Waals surface area (Å²) in [4.78, 5) is 15.6. The Kier molecular flexibility index (Phi) is 16.2. The lowest BCUT2D eigenvalue weighted by atomic mass is 9.93. The average molecular weight is 569 g/mol. The van der Waals surface area contributed by atoms with Gasteiger partial charge in [0.25, 0.3) is 5.91 Å². The molecule has 34 heavy (non-hydrogen) atoms. The largest absolute Gasteiger partial charge is 0.307 e. The molecule has 0 radical (unpaired) electrons. The van der Waals surface area contributed by atoms with Crippen LogP contribution >= 0.6 is 38.6 Å². The highest BCUT2D eigenvalue weighted by atomic mass is 79.9. The summed E-state index contributed by atoms with van der Waals surface area (Å²) < 4.78 is 0.938. The number of anilines is 1. The lowest BCUT2D eigenvalue weighted by Crippen LogP contribution is -2.35. The van der Waals surface area contributed by atoms with Crippen molar-refractivity contribution >= 4 is 50.2 Å². The summed E-state index contributed by atoms with van der Waals surface area (Å²) in [6.45, 7) is 5.40. The molecule has 0 fully saturated rings. The molecule has 2 aromatic heterocycles. The van der Waals surface area contributed by atoms with Gasteiger partial charge in [0.05, 0.1) is 15.0 Å². The van der Waals surface area contributed by atoms with Gasteiger partial charge in [-0.1, -0.05) is 104 Å². The van der Waals surface area contributed by atoms with Crippen LogP contribution in [-0.4, -0.2) is 12.5 Å².